The highest BCUT2D eigenvalue weighted by atomic mass is 79.9. The van der Waals surface area contributed by atoms with Gasteiger partial charge in [0, 0.05) is 31.6 Å². The Bertz CT molecular complexity index is 327. The molecule has 0 radical (unpaired) electrons. The fourth-order valence-corrected chi connectivity index (χ4v) is 2.04. The van der Waals surface area contributed by atoms with Crippen molar-refractivity contribution in [3.63, 3.8) is 0 Å². The van der Waals surface area contributed by atoms with Crippen molar-refractivity contribution < 1.29 is 5.11 Å². The Morgan fingerprint density at radius 2 is 2.06 bits per heavy atom. The summed E-state index contributed by atoms with van der Waals surface area (Å²) in [6.45, 7) is 1.06. The van der Waals surface area contributed by atoms with E-state index in [4.69, 9.17) is 5.11 Å². The van der Waals surface area contributed by atoms with Gasteiger partial charge >= 0.3 is 0 Å². The Morgan fingerprint density at radius 1 is 1.38 bits per heavy atom. The predicted octanol–water partition coefficient (Wildman–Crippen LogP) is 1.98. The molecule has 1 saturated carbocycles. The van der Waals surface area contributed by atoms with Crippen molar-refractivity contribution in [1.82, 2.24) is 9.97 Å². The lowest BCUT2D eigenvalue weighted by molar-refractivity contribution is 0.282. The van der Waals surface area contributed by atoms with Crippen LogP contribution in [0.15, 0.2) is 16.9 Å². The van der Waals surface area contributed by atoms with E-state index in [1.807, 2.05) is 0 Å². The minimum Gasteiger partial charge on any atom is -0.396 e. The molecule has 1 aromatic rings. The van der Waals surface area contributed by atoms with Gasteiger partial charge in [0.25, 0.3) is 0 Å². The zero-order chi connectivity index (χ0) is 11.4. The van der Waals surface area contributed by atoms with Gasteiger partial charge in [-0.1, -0.05) is 0 Å². The van der Waals surface area contributed by atoms with Gasteiger partial charge in [0.05, 0.1) is 4.47 Å². The smallest absolute Gasteiger partial charge is 0.225 e. The van der Waals surface area contributed by atoms with Gasteiger partial charge < -0.3 is 10.0 Å². The van der Waals surface area contributed by atoms with E-state index >= 15 is 0 Å². The molecule has 0 spiro atoms. The molecule has 0 aromatic carbocycles. The van der Waals surface area contributed by atoms with E-state index < -0.39 is 0 Å². The molecule has 0 aliphatic heterocycles. The van der Waals surface area contributed by atoms with Crippen molar-refractivity contribution >= 4 is 21.9 Å². The average Bonchev–Trinajstić information content (AvgIpc) is 2.23. The Kier molecular flexibility index (Phi) is 4.12. The number of rotatable bonds is 5. The number of halogens is 1. The van der Waals surface area contributed by atoms with Crippen LogP contribution in [0.1, 0.15) is 25.7 Å². The molecule has 5 heteroatoms. The molecule has 16 heavy (non-hydrogen) atoms. The fraction of sp³-hybridized carbons (Fsp3) is 0.636. The number of anilines is 1. The Balaban J connectivity index is 2.07. The summed E-state index contributed by atoms with van der Waals surface area (Å²) >= 11 is 3.33. The average molecular weight is 286 g/mol. The molecule has 0 bridgehead atoms. The summed E-state index contributed by atoms with van der Waals surface area (Å²) in [5.41, 5.74) is 0. The molecule has 88 valence electrons. The van der Waals surface area contributed by atoms with Crippen molar-refractivity contribution in [2.45, 2.75) is 31.7 Å². The zero-order valence-corrected chi connectivity index (χ0v) is 10.7. The molecule has 1 N–H and O–H groups in total. The molecule has 1 fully saturated rings. The van der Waals surface area contributed by atoms with Crippen molar-refractivity contribution in [2.24, 2.45) is 0 Å². The Hall–Kier alpha value is -0.680. The van der Waals surface area contributed by atoms with Crippen LogP contribution in [0.25, 0.3) is 0 Å². The quantitative estimate of drug-likeness (QED) is 0.899. The van der Waals surface area contributed by atoms with Crippen molar-refractivity contribution in [3.05, 3.63) is 16.9 Å². The molecule has 0 saturated heterocycles. The number of hydrogen-bond acceptors (Lipinski definition) is 4. The fourth-order valence-electron chi connectivity index (χ4n) is 1.84. The van der Waals surface area contributed by atoms with Gasteiger partial charge in [0.1, 0.15) is 0 Å². The molecule has 1 heterocycles. The van der Waals surface area contributed by atoms with Crippen LogP contribution in [-0.4, -0.2) is 34.3 Å². The summed E-state index contributed by atoms with van der Waals surface area (Å²) < 4.78 is 0.895. The van der Waals surface area contributed by atoms with Crippen molar-refractivity contribution in [1.29, 1.82) is 0 Å². The highest BCUT2D eigenvalue weighted by Crippen LogP contribution is 2.27. The second kappa shape index (κ2) is 5.59. The molecule has 0 atom stereocenters. The van der Waals surface area contributed by atoms with Crippen molar-refractivity contribution in [2.75, 3.05) is 18.1 Å². The van der Waals surface area contributed by atoms with E-state index in [-0.39, 0.29) is 6.61 Å². The molecule has 1 aliphatic carbocycles. The summed E-state index contributed by atoms with van der Waals surface area (Å²) in [4.78, 5) is 10.9. The number of aliphatic hydroxyl groups is 1. The summed E-state index contributed by atoms with van der Waals surface area (Å²) in [6.07, 6.45) is 8.03. The van der Waals surface area contributed by atoms with Gasteiger partial charge in [0.2, 0.25) is 5.95 Å². The maximum Gasteiger partial charge on any atom is 0.225 e. The lowest BCUT2D eigenvalue weighted by Crippen LogP contribution is -2.42. The molecule has 0 amide bonds. The van der Waals surface area contributed by atoms with E-state index in [9.17, 15) is 0 Å². The molecule has 1 aliphatic rings. The summed E-state index contributed by atoms with van der Waals surface area (Å²) in [5, 5.41) is 8.90. The molecule has 2 rings (SSSR count). The zero-order valence-electron chi connectivity index (χ0n) is 9.14. The van der Waals surface area contributed by atoms with Gasteiger partial charge in [0.15, 0.2) is 0 Å². The van der Waals surface area contributed by atoms with Crippen LogP contribution < -0.4 is 4.90 Å². The highest BCUT2D eigenvalue weighted by Gasteiger charge is 2.26. The second-order valence-corrected chi connectivity index (χ2v) is 4.97. The van der Waals surface area contributed by atoms with E-state index in [1.165, 1.54) is 19.3 Å². The maximum absolute atomic E-state index is 8.90. The molecular weight excluding hydrogens is 270 g/mol. The Morgan fingerprint density at radius 3 is 2.56 bits per heavy atom. The van der Waals surface area contributed by atoms with Crippen molar-refractivity contribution in [3.8, 4) is 0 Å². The SMILES string of the molecule is OCCCN(c1ncc(Br)cn1)C1CCC1. The molecular formula is C11H16BrN3O. The van der Waals surface area contributed by atoms with E-state index in [2.05, 4.69) is 30.8 Å². The second-order valence-electron chi connectivity index (χ2n) is 4.06. The summed E-state index contributed by atoms with van der Waals surface area (Å²) in [7, 11) is 0. The first-order chi connectivity index (χ1) is 7.81. The summed E-state index contributed by atoms with van der Waals surface area (Å²) in [5.74, 6) is 0.779. The monoisotopic (exact) mass is 285 g/mol. The standard InChI is InChI=1S/C11H16BrN3O/c12-9-7-13-11(14-8-9)15(5-2-6-16)10-3-1-4-10/h7-8,10,16H,1-6H2. The van der Waals surface area contributed by atoms with Crippen LogP contribution in [-0.2, 0) is 0 Å². The van der Waals surface area contributed by atoms with Crippen LogP contribution in [0, 0.1) is 0 Å². The number of nitrogens with zero attached hydrogens (tertiary/aromatic N) is 3. The van der Waals surface area contributed by atoms with E-state index in [0.29, 0.717) is 6.04 Å². The lowest BCUT2D eigenvalue weighted by Gasteiger charge is -2.37. The van der Waals surface area contributed by atoms with E-state index in [1.54, 1.807) is 12.4 Å². The minimum absolute atomic E-state index is 0.222. The topological polar surface area (TPSA) is 49.2 Å². The number of hydrogen-bond donors (Lipinski definition) is 1. The first-order valence-electron chi connectivity index (χ1n) is 5.66. The van der Waals surface area contributed by atoms with Crippen LogP contribution >= 0.6 is 15.9 Å². The summed E-state index contributed by atoms with van der Waals surface area (Å²) in [6, 6.07) is 0.563. The first kappa shape index (κ1) is 11.8. The maximum atomic E-state index is 8.90. The van der Waals surface area contributed by atoms with E-state index in [0.717, 1.165) is 23.4 Å². The molecule has 0 unspecified atom stereocenters. The lowest BCUT2D eigenvalue weighted by atomic mass is 9.91. The van der Waals surface area contributed by atoms with Crippen LogP contribution in [0.4, 0.5) is 5.95 Å². The number of aromatic nitrogens is 2. The van der Waals surface area contributed by atoms with Gasteiger partial charge in [-0.25, -0.2) is 9.97 Å². The molecule has 4 nitrogen and oxygen atoms in total. The Labute approximate surface area is 104 Å². The van der Waals surface area contributed by atoms with Gasteiger partial charge in [-0.05, 0) is 41.6 Å². The minimum atomic E-state index is 0.222. The van der Waals surface area contributed by atoms with Gasteiger partial charge in [-0.3, -0.25) is 0 Å². The largest absolute Gasteiger partial charge is 0.396 e. The third-order valence-corrected chi connectivity index (χ3v) is 3.35. The van der Waals surface area contributed by atoms with Crippen LogP contribution in [0.3, 0.4) is 0 Å². The van der Waals surface area contributed by atoms with Gasteiger partial charge in [-0.15, -0.1) is 0 Å². The van der Waals surface area contributed by atoms with Gasteiger partial charge in [-0.2, -0.15) is 0 Å². The van der Waals surface area contributed by atoms with Crippen LogP contribution in [0.5, 0.6) is 0 Å². The normalized spacial score (nSPS) is 15.9. The third kappa shape index (κ3) is 2.71. The highest BCUT2D eigenvalue weighted by molar-refractivity contribution is 9.10. The predicted molar refractivity (Wildman–Crippen MR) is 66.4 cm³/mol. The molecule has 1 aromatic heterocycles. The first-order valence-corrected chi connectivity index (χ1v) is 6.45. The third-order valence-electron chi connectivity index (χ3n) is 2.94. The number of aliphatic hydroxyl groups excluding tert-OH is 1. The van der Waals surface area contributed by atoms with Crippen LogP contribution in [0.2, 0.25) is 0 Å².